The Labute approximate surface area is 353 Å². The van der Waals surface area contributed by atoms with E-state index in [1.807, 2.05) is 73.7 Å². The molecule has 0 aliphatic carbocycles. The van der Waals surface area contributed by atoms with Crippen LogP contribution in [0.25, 0.3) is 11.3 Å². The van der Waals surface area contributed by atoms with E-state index in [1.54, 1.807) is 30.7 Å². The molecule has 3 aromatic carbocycles. The van der Waals surface area contributed by atoms with Gasteiger partial charge in [0.1, 0.15) is 6.04 Å². The van der Waals surface area contributed by atoms with Gasteiger partial charge in [0.15, 0.2) is 0 Å². The van der Waals surface area contributed by atoms with Crippen LogP contribution in [0.4, 0.5) is 23.0 Å². The van der Waals surface area contributed by atoms with Gasteiger partial charge in [-0.3, -0.25) is 49.0 Å². The van der Waals surface area contributed by atoms with Gasteiger partial charge in [0.25, 0.3) is 17.7 Å². The molecular weight excluding hydrogens is 773 g/mol. The minimum atomic E-state index is -0.970. The number of pyridine rings is 1. The molecule has 5 aromatic rings. The summed E-state index contributed by atoms with van der Waals surface area (Å²) in [4.78, 5) is 85.4. The fourth-order valence-electron chi connectivity index (χ4n) is 8.73. The Balaban J connectivity index is 0.737. The third-order valence-electron chi connectivity index (χ3n) is 12.1. The fourth-order valence-corrected chi connectivity index (χ4v) is 8.73. The van der Waals surface area contributed by atoms with Crippen LogP contribution < -0.4 is 20.9 Å². The molecule has 4 aliphatic heterocycles. The maximum absolute atomic E-state index is 13.3. The van der Waals surface area contributed by atoms with Crippen molar-refractivity contribution in [3.63, 3.8) is 0 Å². The Morgan fingerprint density at radius 3 is 2.36 bits per heavy atom. The number of nitrogens with zero attached hydrogens (tertiary/aromatic N) is 7. The predicted molar refractivity (Wildman–Crippen MR) is 229 cm³/mol. The molecule has 1 atom stereocenters. The zero-order valence-electron chi connectivity index (χ0n) is 33.8. The summed E-state index contributed by atoms with van der Waals surface area (Å²) in [6, 6.07) is 24.1. The Morgan fingerprint density at radius 1 is 0.820 bits per heavy atom. The number of fused-ring (bicyclic) bond motifs is 1. The number of nitrogens with one attached hydrogen (secondary N) is 3. The van der Waals surface area contributed by atoms with Gasteiger partial charge >= 0.3 is 0 Å². The van der Waals surface area contributed by atoms with Gasteiger partial charge in [0, 0.05) is 105 Å². The summed E-state index contributed by atoms with van der Waals surface area (Å²) in [7, 11) is 0. The molecule has 0 radical (unpaired) electrons. The van der Waals surface area contributed by atoms with Crippen molar-refractivity contribution in [2.75, 3.05) is 54.8 Å². The number of carbonyl (C=O) groups excluding carboxylic acids is 5. The molecule has 1 unspecified atom stereocenters. The molecule has 4 aliphatic rings. The quantitative estimate of drug-likeness (QED) is 0.161. The summed E-state index contributed by atoms with van der Waals surface area (Å²) >= 11 is 0. The van der Waals surface area contributed by atoms with Crippen LogP contribution in [0.2, 0.25) is 0 Å². The van der Waals surface area contributed by atoms with Crippen molar-refractivity contribution in [2.45, 2.75) is 51.2 Å². The Kier molecular flexibility index (Phi) is 11.1. The van der Waals surface area contributed by atoms with Gasteiger partial charge in [-0.25, -0.2) is 9.97 Å². The maximum atomic E-state index is 13.3. The average Bonchev–Trinajstić information content (AvgIpc) is 3.53. The van der Waals surface area contributed by atoms with Crippen LogP contribution in [0.1, 0.15) is 67.9 Å². The van der Waals surface area contributed by atoms with E-state index in [2.05, 4.69) is 45.6 Å². The molecule has 0 bridgehead atoms. The summed E-state index contributed by atoms with van der Waals surface area (Å²) in [6.07, 6.45) is 7.52. The molecule has 9 rings (SSSR count). The summed E-state index contributed by atoms with van der Waals surface area (Å²) in [5.74, 6) is -1.71. The number of hydrogen-bond donors (Lipinski definition) is 3. The van der Waals surface area contributed by atoms with Gasteiger partial charge in [-0.15, -0.1) is 0 Å². The number of piperidine rings is 2. The SMILES string of the molecule is Cc1ccc(NC(=O)c2ccc(N3CCC(N4CCN(Cc5ccc6c(c5)C(=O)N(C5CCC(=O)NC5=O)C6=O)CC4)CC3)cc2)cc1Nc1nccc(-c2cccnc2)n1. The standard InChI is InChI=1S/C46H46N10O5/c1-29-4-8-33(26-39(29)51-46-48-18-14-38(50-46)32-3-2-17-47-27-32)49-42(58)31-6-9-34(10-7-31)54-19-15-35(16-20-54)55-23-21-53(22-24-55)28-30-5-11-36-37(25-30)45(61)56(44(36)60)40-12-13-41(57)52-43(40)59/h2-11,14,17-18,25-27,35,40H,12-13,15-16,19-24,28H2,1H3,(H,49,58)(H,48,50,51)(H,52,57,59). The van der Waals surface area contributed by atoms with E-state index >= 15 is 0 Å². The fraction of sp³-hybridized carbons (Fsp3) is 0.304. The highest BCUT2D eigenvalue weighted by Gasteiger charge is 2.44. The van der Waals surface area contributed by atoms with Crippen LogP contribution in [0.15, 0.2) is 97.5 Å². The van der Waals surface area contributed by atoms with Crippen molar-refractivity contribution >= 4 is 52.5 Å². The highest BCUT2D eigenvalue weighted by molar-refractivity contribution is 6.23. The van der Waals surface area contributed by atoms with E-state index in [-0.39, 0.29) is 18.7 Å². The zero-order chi connectivity index (χ0) is 42.0. The topological polar surface area (TPSA) is 173 Å². The first-order chi connectivity index (χ1) is 29.7. The van der Waals surface area contributed by atoms with E-state index in [1.165, 1.54) is 0 Å². The minimum absolute atomic E-state index is 0.0928. The van der Waals surface area contributed by atoms with Crippen LogP contribution in [0.5, 0.6) is 0 Å². The first kappa shape index (κ1) is 39.6. The smallest absolute Gasteiger partial charge is 0.262 e. The molecule has 3 N–H and O–H groups in total. The van der Waals surface area contributed by atoms with Crippen molar-refractivity contribution < 1.29 is 24.0 Å². The lowest BCUT2D eigenvalue weighted by Gasteiger charge is -2.43. The number of rotatable bonds is 10. The molecule has 0 saturated carbocycles. The van der Waals surface area contributed by atoms with Gasteiger partial charge < -0.3 is 15.5 Å². The first-order valence-electron chi connectivity index (χ1n) is 20.8. The molecular formula is C46H46N10O5. The minimum Gasteiger partial charge on any atom is -0.371 e. The number of anilines is 4. The van der Waals surface area contributed by atoms with Crippen LogP contribution >= 0.6 is 0 Å². The molecule has 5 amide bonds. The molecule has 61 heavy (non-hydrogen) atoms. The number of imide groups is 2. The molecule has 0 spiro atoms. The largest absolute Gasteiger partial charge is 0.371 e. The average molecular weight is 819 g/mol. The lowest BCUT2D eigenvalue weighted by Crippen LogP contribution is -2.54. The Morgan fingerprint density at radius 2 is 1.61 bits per heavy atom. The molecule has 3 fully saturated rings. The second-order valence-electron chi connectivity index (χ2n) is 16.0. The van der Waals surface area contributed by atoms with E-state index in [0.717, 1.165) is 90.8 Å². The second-order valence-corrected chi connectivity index (χ2v) is 16.0. The third kappa shape index (κ3) is 8.47. The normalized spacial score (nSPS) is 18.9. The van der Waals surface area contributed by atoms with Crippen LogP contribution in [0.3, 0.4) is 0 Å². The van der Waals surface area contributed by atoms with Gasteiger partial charge in [0.2, 0.25) is 17.8 Å². The number of aryl methyl sites for hydroxylation is 1. The van der Waals surface area contributed by atoms with E-state index in [0.29, 0.717) is 40.9 Å². The monoisotopic (exact) mass is 818 g/mol. The van der Waals surface area contributed by atoms with Crippen molar-refractivity contribution in [2.24, 2.45) is 0 Å². The summed E-state index contributed by atoms with van der Waals surface area (Å²) < 4.78 is 0. The zero-order valence-corrected chi connectivity index (χ0v) is 33.8. The number of amides is 5. The molecule has 15 heteroatoms. The van der Waals surface area contributed by atoms with Crippen LogP contribution in [-0.4, -0.2) is 111 Å². The molecule has 15 nitrogen and oxygen atoms in total. The van der Waals surface area contributed by atoms with Crippen molar-refractivity contribution in [1.29, 1.82) is 0 Å². The van der Waals surface area contributed by atoms with Crippen molar-refractivity contribution in [1.82, 2.24) is 35.0 Å². The molecule has 6 heterocycles. The van der Waals surface area contributed by atoms with Crippen LogP contribution in [0, 0.1) is 6.92 Å². The second kappa shape index (κ2) is 17.0. The van der Waals surface area contributed by atoms with Crippen molar-refractivity contribution in [3.8, 4) is 11.3 Å². The van der Waals surface area contributed by atoms with Gasteiger partial charge in [0.05, 0.1) is 16.8 Å². The molecule has 2 aromatic heterocycles. The summed E-state index contributed by atoms with van der Waals surface area (Å²) in [5, 5.41) is 8.58. The lowest BCUT2D eigenvalue weighted by molar-refractivity contribution is -0.136. The molecule has 3 saturated heterocycles. The van der Waals surface area contributed by atoms with Crippen molar-refractivity contribution in [3.05, 3.63) is 125 Å². The summed E-state index contributed by atoms with van der Waals surface area (Å²) in [5.41, 5.74) is 7.33. The highest BCUT2D eigenvalue weighted by atomic mass is 16.2. The van der Waals surface area contributed by atoms with Crippen LogP contribution in [-0.2, 0) is 16.1 Å². The lowest BCUT2D eigenvalue weighted by atomic mass is 10.0. The summed E-state index contributed by atoms with van der Waals surface area (Å²) in [6.45, 7) is 8.20. The first-order valence-corrected chi connectivity index (χ1v) is 20.8. The predicted octanol–water partition coefficient (Wildman–Crippen LogP) is 5.03. The maximum Gasteiger partial charge on any atom is 0.262 e. The number of aromatic nitrogens is 3. The number of piperazine rings is 1. The third-order valence-corrected chi connectivity index (χ3v) is 12.1. The van der Waals surface area contributed by atoms with Gasteiger partial charge in [-0.2, -0.15) is 0 Å². The van der Waals surface area contributed by atoms with Gasteiger partial charge in [-0.1, -0.05) is 12.1 Å². The number of benzene rings is 3. The van der Waals surface area contributed by atoms with E-state index < -0.39 is 29.7 Å². The Hall–Kier alpha value is -6.84. The van der Waals surface area contributed by atoms with Gasteiger partial charge in [-0.05, 0) is 104 Å². The Bertz CT molecular complexity index is 2500. The number of hydrogen-bond acceptors (Lipinski definition) is 12. The highest BCUT2D eigenvalue weighted by Crippen LogP contribution is 2.30. The number of carbonyl (C=O) groups is 5. The van der Waals surface area contributed by atoms with E-state index in [4.69, 9.17) is 0 Å². The van der Waals surface area contributed by atoms with E-state index in [9.17, 15) is 24.0 Å². The molecule has 310 valence electrons.